The van der Waals surface area contributed by atoms with E-state index in [1.165, 1.54) is 12.3 Å². The normalized spacial score (nSPS) is 10.1. The van der Waals surface area contributed by atoms with Gasteiger partial charge < -0.3 is 4.98 Å². The van der Waals surface area contributed by atoms with Crippen LogP contribution in [0.1, 0.15) is 0 Å². The minimum Gasteiger partial charge on any atom is -0.307 e. The van der Waals surface area contributed by atoms with Gasteiger partial charge in [0.15, 0.2) is 5.82 Å². The van der Waals surface area contributed by atoms with E-state index in [1.54, 1.807) is 36.5 Å². The zero-order valence-corrected chi connectivity index (χ0v) is 16.6. The van der Waals surface area contributed by atoms with Gasteiger partial charge in [0, 0.05) is 39.6 Å². The summed E-state index contributed by atoms with van der Waals surface area (Å²) in [4.78, 5) is 25.9. The van der Waals surface area contributed by atoms with Gasteiger partial charge in [-0.2, -0.15) is 0 Å². The van der Waals surface area contributed by atoms with Crippen LogP contribution in [0.25, 0.3) is 22.8 Å². The number of aromatic nitrogens is 4. The maximum atomic E-state index is 11.0. The van der Waals surface area contributed by atoms with Crippen LogP contribution in [0.15, 0.2) is 77.9 Å². The predicted molar refractivity (Wildman–Crippen MR) is 113 cm³/mol. The average molecular weight is 432 g/mol. The third kappa shape index (κ3) is 5.63. The van der Waals surface area contributed by atoms with Crippen LogP contribution in [0, 0.1) is 0 Å². The molecule has 0 aliphatic rings. The van der Waals surface area contributed by atoms with Crippen LogP contribution in [0.4, 0.5) is 0 Å². The van der Waals surface area contributed by atoms with Gasteiger partial charge >= 0.3 is 0 Å². The summed E-state index contributed by atoms with van der Waals surface area (Å²) in [5, 5.41) is 1.70. The van der Waals surface area contributed by atoms with Gasteiger partial charge in [-0.15, -0.1) is 0 Å². The molecule has 5 nitrogen and oxygen atoms in total. The summed E-state index contributed by atoms with van der Waals surface area (Å²) in [6.45, 7) is 0. The molecule has 0 fully saturated rings. The highest BCUT2D eigenvalue weighted by atomic mass is 35.5. The number of hydrogen-bond acceptors (Lipinski definition) is 4. The number of nitrogens with zero attached hydrogens (tertiary/aromatic N) is 3. The Hall–Kier alpha value is -2.73. The van der Waals surface area contributed by atoms with E-state index in [0.717, 1.165) is 11.1 Å². The molecule has 2 aromatic carbocycles. The summed E-state index contributed by atoms with van der Waals surface area (Å²) >= 11 is 17.4. The first-order valence-electron chi connectivity index (χ1n) is 8.07. The maximum absolute atomic E-state index is 11.0. The second-order valence-electron chi connectivity index (χ2n) is 5.51. The minimum absolute atomic E-state index is 0.171. The fraction of sp³-hybridized carbons (Fsp3) is 0. The van der Waals surface area contributed by atoms with Gasteiger partial charge in [0.25, 0.3) is 5.56 Å². The van der Waals surface area contributed by atoms with Crippen LogP contribution in [0.2, 0.25) is 15.2 Å². The first kappa shape index (κ1) is 20.0. The highest BCUT2D eigenvalue weighted by molar-refractivity contribution is 6.31. The minimum atomic E-state index is -0.171. The van der Waals surface area contributed by atoms with Crippen molar-refractivity contribution in [3.05, 3.63) is 98.6 Å². The lowest BCUT2D eigenvalue weighted by Crippen LogP contribution is -2.05. The molecule has 0 unspecified atom stereocenters. The Morgan fingerprint density at radius 1 is 0.750 bits per heavy atom. The molecule has 0 spiro atoms. The van der Waals surface area contributed by atoms with Crippen LogP contribution in [-0.4, -0.2) is 19.9 Å². The molecular weight excluding hydrogens is 419 g/mol. The van der Waals surface area contributed by atoms with Crippen molar-refractivity contribution in [2.24, 2.45) is 0 Å². The van der Waals surface area contributed by atoms with Crippen molar-refractivity contribution in [3.63, 3.8) is 0 Å². The molecule has 0 radical (unpaired) electrons. The van der Waals surface area contributed by atoms with Gasteiger partial charge in [0.1, 0.15) is 11.0 Å². The molecule has 4 aromatic rings. The van der Waals surface area contributed by atoms with Crippen LogP contribution in [0.5, 0.6) is 0 Å². The van der Waals surface area contributed by atoms with Crippen molar-refractivity contribution in [3.8, 4) is 22.8 Å². The summed E-state index contributed by atoms with van der Waals surface area (Å²) in [5.74, 6) is 1.11. The summed E-state index contributed by atoms with van der Waals surface area (Å²) < 4.78 is 0. The first-order valence-corrected chi connectivity index (χ1v) is 9.20. The Morgan fingerprint density at radius 3 is 2.04 bits per heavy atom. The number of benzene rings is 2. The van der Waals surface area contributed by atoms with Crippen LogP contribution < -0.4 is 5.56 Å². The van der Waals surface area contributed by atoms with Crippen molar-refractivity contribution in [2.45, 2.75) is 0 Å². The zero-order valence-electron chi connectivity index (χ0n) is 14.3. The SMILES string of the molecule is Clc1cccc(-c2nccc(Cl)n2)c1.O=c1ccnc(-c2cccc(Cl)c2)[nH]1. The van der Waals surface area contributed by atoms with Crippen molar-refractivity contribution >= 4 is 34.8 Å². The molecule has 140 valence electrons. The Balaban J connectivity index is 0.000000161. The fourth-order valence-corrected chi connectivity index (χ4v) is 2.77. The van der Waals surface area contributed by atoms with E-state index in [0.29, 0.717) is 26.8 Å². The van der Waals surface area contributed by atoms with Crippen LogP contribution in [-0.2, 0) is 0 Å². The van der Waals surface area contributed by atoms with E-state index < -0.39 is 0 Å². The van der Waals surface area contributed by atoms with Gasteiger partial charge in [-0.1, -0.05) is 59.1 Å². The molecule has 0 aliphatic carbocycles. The third-order valence-corrected chi connectivity index (χ3v) is 4.15. The van der Waals surface area contributed by atoms with Gasteiger partial charge in [0.05, 0.1) is 0 Å². The second kappa shape index (κ2) is 9.46. The highest BCUT2D eigenvalue weighted by Gasteiger charge is 2.01. The van der Waals surface area contributed by atoms with E-state index in [1.807, 2.05) is 24.3 Å². The number of H-pyrrole nitrogens is 1. The fourth-order valence-electron chi connectivity index (χ4n) is 2.26. The van der Waals surface area contributed by atoms with E-state index in [2.05, 4.69) is 19.9 Å². The quantitative estimate of drug-likeness (QED) is 0.423. The first-order chi connectivity index (χ1) is 13.5. The molecule has 0 aliphatic heterocycles. The molecule has 1 N–H and O–H groups in total. The van der Waals surface area contributed by atoms with Crippen molar-refractivity contribution < 1.29 is 0 Å². The summed E-state index contributed by atoms with van der Waals surface area (Å²) in [7, 11) is 0. The van der Waals surface area contributed by atoms with E-state index in [9.17, 15) is 4.79 Å². The van der Waals surface area contributed by atoms with Gasteiger partial charge in [-0.25, -0.2) is 15.0 Å². The number of nitrogens with one attached hydrogen (secondary N) is 1. The van der Waals surface area contributed by atoms with Crippen molar-refractivity contribution in [1.29, 1.82) is 0 Å². The summed E-state index contributed by atoms with van der Waals surface area (Å²) in [5.41, 5.74) is 1.49. The summed E-state index contributed by atoms with van der Waals surface area (Å²) in [6.07, 6.45) is 3.08. The van der Waals surface area contributed by atoms with Crippen LogP contribution >= 0.6 is 34.8 Å². The third-order valence-electron chi connectivity index (χ3n) is 3.47. The molecule has 0 atom stereocenters. The topological polar surface area (TPSA) is 71.5 Å². The zero-order chi connectivity index (χ0) is 19.9. The van der Waals surface area contributed by atoms with Gasteiger partial charge in [-0.3, -0.25) is 4.79 Å². The molecule has 8 heteroatoms. The molecular formula is C20H13Cl3N4O. The van der Waals surface area contributed by atoms with E-state index in [-0.39, 0.29) is 5.56 Å². The van der Waals surface area contributed by atoms with Crippen LogP contribution in [0.3, 0.4) is 0 Å². The second-order valence-corrected chi connectivity index (χ2v) is 6.77. The Bertz CT molecular complexity index is 1100. The molecule has 4 rings (SSSR count). The lowest BCUT2D eigenvalue weighted by atomic mass is 10.2. The molecule has 0 saturated carbocycles. The van der Waals surface area contributed by atoms with E-state index >= 15 is 0 Å². The molecule has 0 amide bonds. The summed E-state index contributed by atoms with van der Waals surface area (Å²) in [6, 6.07) is 17.5. The van der Waals surface area contributed by atoms with E-state index in [4.69, 9.17) is 34.8 Å². The molecule has 0 bridgehead atoms. The monoisotopic (exact) mass is 430 g/mol. The highest BCUT2D eigenvalue weighted by Crippen LogP contribution is 2.20. The van der Waals surface area contributed by atoms with Gasteiger partial charge in [0.2, 0.25) is 0 Å². The maximum Gasteiger partial charge on any atom is 0.251 e. The largest absolute Gasteiger partial charge is 0.307 e. The number of hydrogen-bond donors (Lipinski definition) is 1. The van der Waals surface area contributed by atoms with Crippen molar-refractivity contribution in [1.82, 2.24) is 19.9 Å². The Morgan fingerprint density at radius 2 is 1.39 bits per heavy atom. The predicted octanol–water partition coefficient (Wildman–Crippen LogP) is 5.54. The number of rotatable bonds is 2. The molecule has 28 heavy (non-hydrogen) atoms. The average Bonchev–Trinajstić information content (AvgIpc) is 2.69. The van der Waals surface area contributed by atoms with Gasteiger partial charge in [-0.05, 0) is 30.3 Å². The number of halogens is 3. The lowest BCUT2D eigenvalue weighted by molar-refractivity contribution is 1.13. The number of aromatic amines is 1. The van der Waals surface area contributed by atoms with Crippen molar-refractivity contribution in [2.75, 3.05) is 0 Å². The standard InChI is InChI=1S/C10H6Cl2N2.C10H7ClN2O/c11-8-3-1-2-7(6-8)10-13-5-4-9(12)14-10;11-8-3-1-2-7(6-8)10-12-5-4-9(14)13-10/h1-6H;1-6H,(H,12,13,14). The Kier molecular flexibility index (Phi) is 6.76. The smallest absolute Gasteiger partial charge is 0.251 e. The molecule has 2 heterocycles. The molecule has 2 aromatic heterocycles. The Labute approximate surface area is 176 Å². The lowest BCUT2D eigenvalue weighted by Gasteiger charge is -1.99. The molecule has 0 saturated heterocycles.